The average molecular weight is 284 g/mol. The molecule has 120 valence electrons. The highest BCUT2D eigenvalue weighted by molar-refractivity contribution is 5.01. The molecule has 1 rings (SSSR count). The molecule has 1 saturated carbocycles. The first kappa shape index (κ1) is 17.9. The molecule has 0 aliphatic heterocycles. The maximum atomic E-state index is 5.91. The van der Waals surface area contributed by atoms with Crippen molar-refractivity contribution in [3.63, 3.8) is 0 Å². The van der Waals surface area contributed by atoms with Gasteiger partial charge in [0, 0.05) is 18.2 Å². The third kappa shape index (κ3) is 4.71. The first-order chi connectivity index (χ1) is 9.56. The summed E-state index contributed by atoms with van der Waals surface area (Å²) in [4.78, 5) is 2.46. The highest BCUT2D eigenvalue weighted by atomic mass is 16.5. The van der Waals surface area contributed by atoms with Crippen LogP contribution in [-0.2, 0) is 4.74 Å². The van der Waals surface area contributed by atoms with E-state index in [1.165, 1.54) is 32.1 Å². The lowest BCUT2D eigenvalue weighted by atomic mass is 9.72. The molecule has 1 N–H and O–H groups in total. The molecule has 3 heteroatoms. The molecule has 1 aliphatic carbocycles. The van der Waals surface area contributed by atoms with E-state index in [4.69, 9.17) is 4.74 Å². The van der Waals surface area contributed by atoms with Gasteiger partial charge in [-0.05, 0) is 65.1 Å². The number of ether oxygens (including phenoxy) is 1. The van der Waals surface area contributed by atoms with Gasteiger partial charge in [0.1, 0.15) is 0 Å². The fraction of sp³-hybridized carbons (Fsp3) is 1.00. The molecule has 0 amide bonds. The number of hydrogen-bond acceptors (Lipinski definition) is 3. The van der Waals surface area contributed by atoms with Crippen molar-refractivity contribution in [1.29, 1.82) is 0 Å². The second-order valence-corrected chi connectivity index (χ2v) is 6.76. The summed E-state index contributed by atoms with van der Waals surface area (Å²) in [5.41, 5.74) is 0.273. The predicted octanol–water partition coefficient (Wildman–Crippen LogP) is 3.29. The van der Waals surface area contributed by atoms with Crippen molar-refractivity contribution >= 4 is 0 Å². The van der Waals surface area contributed by atoms with Gasteiger partial charge < -0.3 is 15.0 Å². The van der Waals surface area contributed by atoms with Crippen molar-refractivity contribution in [3.8, 4) is 0 Å². The summed E-state index contributed by atoms with van der Waals surface area (Å²) >= 11 is 0. The number of hydrogen-bond donors (Lipinski definition) is 1. The Morgan fingerprint density at radius 2 is 1.85 bits per heavy atom. The van der Waals surface area contributed by atoms with E-state index in [0.29, 0.717) is 6.04 Å². The van der Waals surface area contributed by atoms with E-state index in [-0.39, 0.29) is 5.54 Å². The van der Waals surface area contributed by atoms with Crippen LogP contribution in [0.4, 0.5) is 0 Å². The molecular formula is C17H36N2O. The zero-order chi connectivity index (χ0) is 15.0. The quantitative estimate of drug-likeness (QED) is 0.658. The molecule has 0 aromatic rings. The molecule has 0 bridgehead atoms. The fourth-order valence-corrected chi connectivity index (χ4v) is 3.44. The van der Waals surface area contributed by atoms with E-state index in [0.717, 1.165) is 32.1 Å². The minimum Gasteiger partial charge on any atom is -0.380 e. The normalized spacial score (nSPS) is 28.8. The molecule has 0 spiro atoms. The monoisotopic (exact) mass is 284 g/mol. The Labute approximate surface area is 126 Å². The molecule has 0 aromatic carbocycles. The average Bonchev–Trinajstić information content (AvgIpc) is 2.44. The highest BCUT2D eigenvalue weighted by Gasteiger charge is 2.42. The summed E-state index contributed by atoms with van der Waals surface area (Å²) < 4.78 is 5.91. The molecule has 1 atom stereocenters. The number of rotatable bonds is 9. The number of nitrogens with one attached hydrogen (secondary N) is 1. The predicted molar refractivity (Wildman–Crippen MR) is 87.2 cm³/mol. The van der Waals surface area contributed by atoms with Gasteiger partial charge in [0.2, 0.25) is 0 Å². The van der Waals surface area contributed by atoms with Gasteiger partial charge in [-0.2, -0.15) is 0 Å². The molecule has 0 heterocycles. The smallest absolute Gasteiger partial charge is 0.0637 e. The van der Waals surface area contributed by atoms with Crippen LogP contribution in [0.1, 0.15) is 59.3 Å². The SMILES string of the molecule is CCCNC(COCCC)C1(N(C)C)CCC(C)CC1. The minimum absolute atomic E-state index is 0.273. The van der Waals surface area contributed by atoms with Gasteiger partial charge in [-0.25, -0.2) is 0 Å². The van der Waals surface area contributed by atoms with Crippen LogP contribution < -0.4 is 5.32 Å². The fourth-order valence-electron chi connectivity index (χ4n) is 3.44. The molecular weight excluding hydrogens is 248 g/mol. The van der Waals surface area contributed by atoms with Crippen molar-refractivity contribution in [3.05, 3.63) is 0 Å². The van der Waals surface area contributed by atoms with Gasteiger partial charge in [-0.15, -0.1) is 0 Å². The lowest BCUT2D eigenvalue weighted by Gasteiger charge is -2.50. The first-order valence-corrected chi connectivity index (χ1v) is 8.55. The summed E-state index contributed by atoms with van der Waals surface area (Å²) in [6.45, 7) is 9.62. The summed E-state index contributed by atoms with van der Waals surface area (Å²) in [6.07, 6.45) is 7.55. The van der Waals surface area contributed by atoms with Crippen LogP contribution in [0, 0.1) is 5.92 Å². The maximum absolute atomic E-state index is 5.91. The summed E-state index contributed by atoms with van der Waals surface area (Å²) in [6, 6.07) is 0.455. The van der Waals surface area contributed by atoms with Gasteiger partial charge in [0.15, 0.2) is 0 Å². The third-order valence-corrected chi connectivity index (χ3v) is 4.95. The van der Waals surface area contributed by atoms with Crippen molar-refractivity contribution in [2.24, 2.45) is 5.92 Å². The lowest BCUT2D eigenvalue weighted by Crippen LogP contribution is -2.62. The van der Waals surface area contributed by atoms with Crippen LogP contribution in [-0.4, -0.2) is 50.3 Å². The zero-order valence-corrected chi connectivity index (χ0v) is 14.4. The molecule has 1 fully saturated rings. The molecule has 0 radical (unpaired) electrons. The topological polar surface area (TPSA) is 24.5 Å². The van der Waals surface area contributed by atoms with Gasteiger partial charge >= 0.3 is 0 Å². The minimum atomic E-state index is 0.273. The second-order valence-electron chi connectivity index (χ2n) is 6.76. The van der Waals surface area contributed by atoms with Crippen LogP contribution >= 0.6 is 0 Å². The largest absolute Gasteiger partial charge is 0.380 e. The zero-order valence-electron chi connectivity index (χ0n) is 14.4. The van der Waals surface area contributed by atoms with Gasteiger partial charge in [0.25, 0.3) is 0 Å². The molecule has 0 saturated heterocycles. The molecule has 0 aromatic heterocycles. The lowest BCUT2D eigenvalue weighted by molar-refractivity contribution is -0.0000487. The summed E-state index contributed by atoms with van der Waals surface area (Å²) in [5.74, 6) is 0.881. The Balaban J connectivity index is 2.74. The Hall–Kier alpha value is -0.120. The molecule has 20 heavy (non-hydrogen) atoms. The Bertz CT molecular complexity index is 247. The first-order valence-electron chi connectivity index (χ1n) is 8.55. The Morgan fingerprint density at radius 1 is 1.20 bits per heavy atom. The van der Waals surface area contributed by atoms with E-state index >= 15 is 0 Å². The van der Waals surface area contributed by atoms with Crippen molar-refractivity contribution in [2.75, 3.05) is 33.9 Å². The summed E-state index contributed by atoms with van der Waals surface area (Å²) in [5, 5.41) is 3.77. The van der Waals surface area contributed by atoms with Crippen LogP contribution in [0.25, 0.3) is 0 Å². The van der Waals surface area contributed by atoms with E-state index in [1.807, 2.05) is 0 Å². The third-order valence-electron chi connectivity index (χ3n) is 4.95. The van der Waals surface area contributed by atoms with E-state index in [9.17, 15) is 0 Å². The molecule has 1 aliphatic rings. The highest BCUT2D eigenvalue weighted by Crippen LogP contribution is 2.37. The van der Waals surface area contributed by atoms with Crippen LogP contribution in [0.15, 0.2) is 0 Å². The van der Waals surface area contributed by atoms with Crippen molar-refractivity contribution in [2.45, 2.75) is 70.9 Å². The maximum Gasteiger partial charge on any atom is 0.0637 e. The Kier molecular flexibility index (Phi) is 8.08. The standard InChI is InChI=1S/C17H36N2O/c1-6-12-18-16(14-20-13-7-2)17(19(4)5)10-8-15(3)9-11-17/h15-16,18H,6-14H2,1-5H3. The number of likely N-dealkylation sites (N-methyl/N-ethyl adjacent to an activating group) is 1. The van der Waals surface area contributed by atoms with Crippen LogP contribution in [0.3, 0.4) is 0 Å². The van der Waals surface area contributed by atoms with Crippen molar-refractivity contribution in [1.82, 2.24) is 10.2 Å². The van der Waals surface area contributed by atoms with E-state index in [2.05, 4.69) is 45.1 Å². The van der Waals surface area contributed by atoms with Gasteiger partial charge in [0.05, 0.1) is 6.61 Å². The van der Waals surface area contributed by atoms with Gasteiger partial charge in [-0.3, -0.25) is 0 Å². The van der Waals surface area contributed by atoms with E-state index < -0.39 is 0 Å². The van der Waals surface area contributed by atoms with Crippen molar-refractivity contribution < 1.29 is 4.74 Å². The molecule has 3 nitrogen and oxygen atoms in total. The van der Waals surface area contributed by atoms with Crippen LogP contribution in [0.2, 0.25) is 0 Å². The van der Waals surface area contributed by atoms with E-state index in [1.54, 1.807) is 0 Å². The summed E-state index contributed by atoms with van der Waals surface area (Å²) in [7, 11) is 4.49. The Morgan fingerprint density at radius 3 is 2.35 bits per heavy atom. The van der Waals surface area contributed by atoms with Gasteiger partial charge in [-0.1, -0.05) is 20.8 Å². The second kappa shape index (κ2) is 9.01. The van der Waals surface area contributed by atoms with Crippen LogP contribution in [0.5, 0.6) is 0 Å². The molecule has 1 unspecified atom stereocenters. The number of nitrogens with zero attached hydrogens (tertiary/aromatic N) is 1.